The highest BCUT2D eigenvalue weighted by Gasteiger charge is 2.26. The van der Waals surface area contributed by atoms with Crippen LogP contribution < -0.4 is 5.73 Å². The summed E-state index contributed by atoms with van der Waals surface area (Å²) in [6.45, 7) is 9.79. The van der Waals surface area contributed by atoms with E-state index in [2.05, 4.69) is 22.9 Å². The highest BCUT2D eigenvalue weighted by Crippen LogP contribution is 2.26. The minimum absolute atomic E-state index is 0.0136. The highest BCUT2D eigenvalue weighted by molar-refractivity contribution is 5.14. The minimum atomic E-state index is -0.0136. The lowest BCUT2D eigenvalue weighted by Gasteiger charge is -2.31. The van der Waals surface area contributed by atoms with E-state index in [1.54, 1.807) is 0 Å². The number of aromatic nitrogens is 1. The van der Waals surface area contributed by atoms with Gasteiger partial charge in [0, 0.05) is 18.3 Å². The largest absolute Gasteiger partial charge is 0.465 e. The molecule has 21 heavy (non-hydrogen) atoms. The lowest BCUT2D eigenvalue weighted by molar-refractivity contribution is 0.152. The number of pyridine rings is 1. The fraction of sp³-hybridized carbons (Fsp3) is 0.471. The molecule has 4 heteroatoms. The van der Waals surface area contributed by atoms with Gasteiger partial charge in [-0.05, 0) is 51.6 Å². The van der Waals surface area contributed by atoms with Crippen molar-refractivity contribution in [2.75, 3.05) is 6.54 Å². The van der Waals surface area contributed by atoms with Crippen LogP contribution in [0.25, 0.3) is 0 Å². The van der Waals surface area contributed by atoms with Crippen molar-refractivity contribution in [1.82, 2.24) is 9.88 Å². The number of hydrogen-bond acceptors (Lipinski definition) is 4. The van der Waals surface area contributed by atoms with Gasteiger partial charge in [0.1, 0.15) is 11.5 Å². The Balaban J connectivity index is 2.24. The molecular formula is C17H25N3O. The number of rotatable bonds is 6. The van der Waals surface area contributed by atoms with E-state index in [1.807, 2.05) is 45.0 Å². The molecule has 0 aromatic carbocycles. The summed E-state index contributed by atoms with van der Waals surface area (Å²) < 4.78 is 5.81. The second kappa shape index (κ2) is 6.87. The lowest BCUT2D eigenvalue weighted by atomic mass is 10.1. The van der Waals surface area contributed by atoms with Crippen molar-refractivity contribution in [3.8, 4) is 0 Å². The van der Waals surface area contributed by atoms with Gasteiger partial charge in [-0.3, -0.25) is 9.88 Å². The Morgan fingerprint density at radius 2 is 2.00 bits per heavy atom. The van der Waals surface area contributed by atoms with Gasteiger partial charge < -0.3 is 10.2 Å². The molecule has 0 amide bonds. The Bertz CT molecular complexity index is 577. The zero-order valence-electron chi connectivity index (χ0n) is 13.3. The first kappa shape index (κ1) is 15.7. The minimum Gasteiger partial charge on any atom is -0.465 e. The molecule has 2 atom stereocenters. The third-order valence-corrected chi connectivity index (χ3v) is 3.66. The van der Waals surface area contributed by atoms with Crippen LogP contribution in [0.3, 0.4) is 0 Å². The summed E-state index contributed by atoms with van der Waals surface area (Å²) in [4.78, 5) is 6.90. The normalized spacial score (nSPS) is 14.4. The SMILES string of the molecule is CCN(Cc1cccc(C)n1)C(c1ccc(C)o1)C(C)N. The fourth-order valence-electron chi connectivity index (χ4n) is 2.69. The molecule has 0 spiro atoms. The van der Waals surface area contributed by atoms with Gasteiger partial charge >= 0.3 is 0 Å². The van der Waals surface area contributed by atoms with Crippen molar-refractivity contribution < 1.29 is 4.42 Å². The fourth-order valence-corrected chi connectivity index (χ4v) is 2.69. The smallest absolute Gasteiger partial charge is 0.122 e. The topological polar surface area (TPSA) is 55.3 Å². The standard InChI is InChI=1S/C17H25N3O/c1-5-20(11-15-8-6-7-12(2)19-15)17(14(4)18)16-10-9-13(3)21-16/h6-10,14,17H,5,11,18H2,1-4H3. The van der Waals surface area contributed by atoms with Gasteiger partial charge in [-0.1, -0.05) is 13.0 Å². The van der Waals surface area contributed by atoms with Gasteiger partial charge in [0.05, 0.1) is 11.7 Å². The average Bonchev–Trinajstić information content (AvgIpc) is 2.84. The Morgan fingerprint density at radius 3 is 2.52 bits per heavy atom. The van der Waals surface area contributed by atoms with Crippen LogP contribution in [0.1, 0.15) is 42.8 Å². The maximum absolute atomic E-state index is 6.22. The van der Waals surface area contributed by atoms with Crippen molar-refractivity contribution in [3.63, 3.8) is 0 Å². The van der Waals surface area contributed by atoms with Crippen LogP contribution in [0.4, 0.5) is 0 Å². The first-order valence-corrected chi connectivity index (χ1v) is 7.49. The Kier molecular flexibility index (Phi) is 5.15. The summed E-state index contributed by atoms with van der Waals surface area (Å²) in [5.41, 5.74) is 8.31. The van der Waals surface area contributed by atoms with Crippen molar-refractivity contribution in [1.29, 1.82) is 0 Å². The molecule has 2 aromatic rings. The molecule has 2 rings (SSSR count). The van der Waals surface area contributed by atoms with Crippen LogP contribution in [0.5, 0.6) is 0 Å². The van der Waals surface area contributed by atoms with Crippen LogP contribution >= 0.6 is 0 Å². The number of hydrogen-bond donors (Lipinski definition) is 1. The van der Waals surface area contributed by atoms with E-state index in [1.165, 1.54) is 0 Å². The molecule has 2 aromatic heterocycles. The summed E-state index contributed by atoms with van der Waals surface area (Å²) >= 11 is 0. The quantitative estimate of drug-likeness (QED) is 0.886. The molecule has 0 aliphatic carbocycles. The molecule has 0 aliphatic rings. The van der Waals surface area contributed by atoms with Crippen LogP contribution in [0.15, 0.2) is 34.7 Å². The number of furan rings is 1. The first-order valence-electron chi connectivity index (χ1n) is 7.49. The van der Waals surface area contributed by atoms with Gasteiger partial charge in [-0.25, -0.2) is 0 Å². The predicted molar refractivity (Wildman–Crippen MR) is 84.9 cm³/mol. The van der Waals surface area contributed by atoms with Gasteiger partial charge in [0.25, 0.3) is 0 Å². The van der Waals surface area contributed by atoms with Crippen molar-refractivity contribution in [2.24, 2.45) is 5.73 Å². The molecule has 0 fully saturated rings. The third-order valence-electron chi connectivity index (χ3n) is 3.66. The van der Waals surface area contributed by atoms with Crippen LogP contribution in [-0.2, 0) is 6.54 Å². The third kappa shape index (κ3) is 3.93. The van der Waals surface area contributed by atoms with E-state index in [9.17, 15) is 0 Å². The van der Waals surface area contributed by atoms with E-state index in [-0.39, 0.29) is 12.1 Å². The molecule has 0 radical (unpaired) electrons. The van der Waals surface area contributed by atoms with Crippen LogP contribution in [-0.4, -0.2) is 22.5 Å². The van der Waals surface area contributed by atoms with E-state index in [0.717, 1.165) is 36.0 Å². The zero-order chi connectivity index (χ0) is 15.4. The zero-order valence-corrected chi connectivity index (χ0v) is 13.3. The van der Waals surface area contributed by atoms with Crippen molar-refractivity contribution in [2.45, 2.75) is 46.3 Å². The molecule has 0 bridgehead atoms. The Hall–Kier alpha value is -1.65. The molecule has 2 heterocycles. The monoisotopic (exact) mass is 287 g/mol. The summed E-state index contributed by atoms with van der Waals surface area (Å²) in [5, 5.41) is 0. The summed E-state index contributed by atoms with van der Waals surface area (Å²) in [5.74, 6) is 1.84. The molecule has 4 nitrogen and oxygen atoms in total. The maximum atomic E-state index is 6.22. The summed E-state index contributed by atoms with van der Waals surface area (Å²) in [7, 11) is 0. The van der Waals surface area contributed by atoms with Crippen molar-refractivity contribution in [3.05, 3.63) is 53.2 Å². The van der Waals surface area contributed by atoms with Gasteiger partial charge in [0.2, 0.25) is 0 Å². The molecule has 2 N–H and O–H groups in total. The molecule has 114 valence electrons. The Morgan fingerprint density at radius 1 is 1.24 bits per heavy atom. The van der Waals surface area contributed by atoms with Gasteiger partial charge in [-0.15, -0.1) is 0 Å². The van der Waals surface area contributed by atoms with E-state index < -0.39 is 0 Å². The van der Waals surface area contributed by atoms with E-state index in [0.29, 0.717) is 0 Å². The Labute approximate surface area is 127 Å². The number of nitrogens with two attached hydrogens (primary N) is 1. The maximum Gasteiger partial charge on any atom is 0.122 e. The molecule has 0 saturated heterocycles. The lowest BCUT2D eigenvalue weighted by Crippen LogP contribution is -2.39. The first-order chi connectivity index (χ1) is 10.0. The molecule has 0 aliphatic heterocycles. The van der Waals surface area contributed by atoms with Crippen molar-refractivity contribution >= 4 is 0 Å². The number of aryl methyl sites for hydroxylation is 2. The molecule has 2 unspecified atom stereocenters. The van der Waals surface area contributed by atoms with Crippen LogP contribution in [0, 0.1) is 13.8 Å². The van der Waals surface area contributed by atoms with Gasteiger partial charge in [-0.2, -0.15) is 0 Å². The number of likely N-dealkylation sites (N-methyl/N-ethyl adjacent to an activating group) is 1. The average molecular weight is 287 g/mol. The predicted octanol–water partition coefficient (Wildman–Crippen LogP) is 3.20. The van der Waals surface area contributed by atoms with E-state index >= 15 is 0 Å². The summed E-state index contributed by atoms with van der Waals surface area (Å²) in [6.07, 6.45) is 0. The van der Waals surface area contributed by atoms with E-state index in [4.69, 9.17) is 10.2 Å². The highest BCUT2D eigenvalue weighted by atomic mass is 16.3. The summed E-state index contributed by atoms with van der Waals surface area (Å²) in [6, 6.07) is 10.2. The van der Waals surface area contributed by atoms with Crippen LogP contribution in [0.2, 0.25) is 0 Å². The second-order valence-electron chi connectivity index (χ2n) is 5.59. The molecule has 0 saturated carbocycles. The second-order valence-corrected chi connectivity index (χ2v) is 5.59. The van der Waals surface area contributed by atoms with Gasteiger partial charge in [0.15, 0.2) is 0 Å². The molecular weight excluding hydrogens is 262 g/mol. The number of nitrogens with zero attached hydrogens (tertiary/aromatic N) is 2.